The van der Waals surface area contributed by atoms with E-state index in [1.807, 2.05) is 18.2 Å². The molecule has 0 saturated carbocycles. The van der Waals surface area contributed by atoms with Crippen LogP contribution >= 0.6 is 0 Å². The summed E-state index contributed by atoms with van der Waals surface area (Å²) < 4.78 is 17.8. The Morgan fingerprint density at radius 2 is 1.94 bits per heavy atom. The fourth-order valence-corrected chi connectivity index (χ4v) is 4.37. The molecule has 3 heterocycles. The van der Waals surface area contributed by atoms with Crippen molar-refractivity contribution in [3.63, 3.8) is 0 Å². The Balaban J connectivity index is 1.76. The smallest absolute Gasteiger partial charge is 0.246 e. The van der Waals surface area contributed by atoms with E-state index in [2.05, 4.69) is 28.5 Å². The highest BCUT2D eigenvalue weighted by molar-refractivity contribution is 5.87. The maximum atomic E-state index is 12.4. The molecule has 0 aliphatic carbocycles. The number of ether oxygens (including phenoxy) is 3. The number of carbonyl (C=O) groups excluding carboxylic acids is 1. The first-order valence-electron chi connectivity index (χ1n) is 10.8. The fraction of sp³-hybridized carbons (Fsp3) is 0.320. The highest BCUT2D eigenvalue weighted by atomic mass is 16.5. The summed E-state index contributed by atoms with van der Waals surface area (Å²) in [7, 11) is 4.82. The van der Waals surface area contributed by atoms with Gasteiger partial charge < -0.3 is 24.8 Å². The van der Waals surface area contributed by atoms with Crippen molar-refractivity contribution in [1.82, 2.24) is 19.5 Å². The zero-order valence-electron chi connectivity index (χ0n) is 19.4. The van der Waals surface area contributed by atoms with Gasteiger partial charge in [0.15, 0.2) is 5.82 Å². The molecule has 1 unspecified atom stereocenters. The monoisotopic (exact) mass is 461 g/mol. The third-order valence-corrected chi connectivity index (χ3v) is 5.95. The van der Waals surface area contributed by atoms with Crippen LogP contribution in [-0.4, -0.2) is 65.9 Å². The lowest BCUT2D eigenvalue weighted by Crippen LogP contribution is -2.37. The summed E-state index contributed by atoms with van der Waals surface area (Å²) in [6, 6.07) is 7.37. The summed E-state index contributed by atoms with van der Waals surface area (Å²) in [6.07, 6.45) is 3.48. The Kier molecular flexibility index (Phi) is 6.70. The zero-order chi connectivity index (χ0) is 24.2. The number of rotatable bonds is 6. The standard InChI is InChI=1S/C25H27N5O4/c1-5-23(31)29-13-18(10-19(29)14-32-2)22-11-17(24-25(26)27-15-28-30(22)24)7-6-16-8-20(33-3)12-21(9-16)34-4/h5,8-9,11-12,15,18-19H,1,10,13-14H2,2-4H3,(H2,26,27,28)/t18?,19-/m1/s1. The Bertz CT molecular complexity index is 1270. The molecule has 2 atom stereocenters. The van der Waals surface area contributed by atoms with Gasteiger partial charge in [-0.05, 0) is 30.7 Å². The first kappa shape index (κ1) is 23.1. The van der Waals surface area contributed by atoms with Crippen molar-refractivity contribution in [2.24, 2.45) is 0 Å². The number of nitrogen functional groups attached to an aromatic ring is 1. The summed E-state index contributed by atoms with van der Waals surface area (Å²) in [4.78, 5) is 18.4. The van der Waals surface area contributed by atoms with Crippen LogP contribution in [0.25, 0.3) is 5.52 Å². The van der Waals surface area contributed by atoms with Gasteiger partial charge in [0.1, 0.15) is 23.3 Å². The molecular formula is C25H27N5O4. The first-order chi connectivity index (χ1) is 16.5. The molecule has 4 rings (SSSR count). The van der Waals surface area contributed by atoms with Crippen LogP contribution in [0.2, 0.25) is 0 Å². The molecule has 34 heavy (non-hydrogen) atoms. The number of likely N-dealkylation sites (tertiary alicyclic amines) is 1. The molecule has 1 fully saturated rings. The quantitative estimate of drug-likeness (QED) is 0.443. The van der Waals surface area contributed by atoms with Gasteiger partial charge in [-0.15, -0.1) is 0 Å². The second-order valence-corrected chi connectivity index (χ2v) is 7.98. The number of amides is 1. The molecule has 176 valence electrons. The van der Waals surface area contributed by atoms with Crippen LogP contribution in [0, 0.1) is 11.8 Å². The van der Waals surface area contributed by atoms with E-state index in [0.29, 0.717) is 41.5 Å². The van der Waals surface area contributed by atoms with Gasteiger partial charge in [-0.2, -0.15) is 5.10 Å². The molecule has 1 aromatic carbocycles. The first-order valence-corrected chi connectivity index (χ1v) is 10.8. The summed E-state index contributed by atoms with van der Waals surface area (Å²) >= 11 is 0. The molecule has 0 radical (unpaired) electrons. The van der Waals surface area contributed by atoms with Crippen LogP contribution in [0.3, 0.4) is 0 Å². The molecule has 1 aliphatic heterocycles. The van der Waals surface area contributed by atoms with E-state index in [9.17, 15) is 4.79 Å². The summed E-state index contributed by atoms with van der Waals surface area (Å²) in [5, 5.41) is 4.44. The lowest BCUT2D eigenvalue weighted by molar-refractivity contribution is -0.127. The third-order valence-electron chi connectivity index (χ3n) is 5.95. The Morgan fingerprint density at radius 3 is 2.59 bits per heavy atom. The van der Waals surface area contributed by atoms with E-state index in [1.165, 1.54) is 12.4 Å². The van der Waals surface area contributed by atoms with E-state index < -0.39 is 0 Å². The van der Waals surface area contributed by atoms with Gasteiger partial charge >= 0.3 is 0 Å². The number of carbonyl (C=O) groups is 1. The largest absolute Gasteiger partial charge is 0.497 e. The lowest BCUT2D eigenvalue weighted by atomic mass is 10.0. The number of anilines is 1. The number of aromatic nitrogens is 3. The predicted octanol–water partition coefficient (Wildman–Crippen LogP) is 2.25. The minimum absolute atomic E-state index is 0.0262. The highest BCUT2D eigenvalue weighted by Crippen LogP contribution is 2.35. The fourth-order valence-electron chi connectivity index (χ4n) is 4.37. The average molecular weight is 462 g/mol. The van der Waals surface area contributed by atoms with E-state index in [4.69, 9.17) is 19.9 Å². The maximum Gasteiger partial charge on any atom is 0.246 e. The second-order valence-electron chi connectivity index (χ2n) is 7.98. The van der Waals surface area contributed by atoms with Gasteiger partial charge in [0, 0.05) is 36.9 Å². The summed E-state index contributed by atoms with van der Waals surface area (Å²) in [6.45, 7) is 4.60. The predicted molar refractivity (Wildman–Crippen MR) is 128 cm³/mol. The molecule has 1 aliphatic rings. The number of nitrogens with two attached hydrogens (primary N) is 1. The molecule has 9 nitrogen and oxygen atoms in total. The molecule has 1 amide bonds. The van der Waals surface area contributed by atoms with Crippen molar-refractivity contribution in [3.8, 4) is 23.3 Å². The number of methoxy groups -OCH3 is 3. The molecule has 0 spiro atoms. The van der Waals surface area contributed by atoms with Crippen molar-refractivity contribution >= 4 is 17.2 Å². The van der Waals surface area contributed by atoms with Crippen molar-refractivity contribution in [3.05, 3.63) is 60.1 Å². The molecule has 9 heteroatoms. The van der Waals surface area contributed by atoms with Gasteiger partial charge in [0.05, 0.1) is 32.4 Å². The van der Waals surface area contributed by atoms with E-state index in [-0.39, 0.29) is 17.9 Å². The number of hydrogen-bond donors (Lipinski definition) is 1. The minimum atomic E-state index is -0.119. The Hall–Kier alpha value is -4.03. The normalized spacial score (nSPS) is 17.3. The van der Waals surface area contributed by atoms with Gasteiger partial charge in [0.2, 0.25) is 5.91 Å². The van der Waals surface area contributed by atoms with Crippen molar-refractivity contribution in [2.75, 3.05) is 40.2 Å². The van der Waals surface area contributed by atoms with E-state index >= 15 is 0 Å². The molecular weight excluding hydrogens is 434 g/mol. The third kappa shape index (κ3) is 4.40. The van der Waals surface area contributed by atoms with E-state index in [1.54, 1.807) is 36.8 Å². The molecule has 3 aromatic rings. The lowest BCUT2D eigenvalue weighted by Gasteiger charge is -2.22. The Labute approximate surface area is 198 Å². The highest BCUT2D eigenvalue weighted by Gasteiger charge is 2.36. The van der Waals surface area contributed by atoms with Crippen molar-refractivity contribution in [2.45, 2.75) is 18.4 Å². The number of benzene rings is 1. The summed E-state index contributed by atoms with van der Waals surface area (Å²) in [5.41, 5.74) is 9.21. The second kappa shape index (κ2) is 9.85. The van der Waals surface area contributed by atoms with E-state index in [0.717, 1.165) is 17.7 Å². The van der Waals surface area contributed by atoms with Crippen molar-refractivity contribution < 1.29 is 19.0 Å². The van der Waals surface area contributed by atoms with Crippen LogP contribution in [0.1, 0.15) is 29.2 Å². The minimum Gasteiger partial charge on any atom is -0.497 e. The van der Waals surface area contributed by atoms with Crippen LogP contribution < -0.4 is 15.2 Å². The number of nitrogens with zero attached hydrogens (tertiary/aromatic N) is 4. The average Bonchev–Trinajstić information content (AvgIpc) is 3.44. The van der Waals surface area contributed by atoms with Crippen LogP contribution in [-0.2, 0) is 9.53 Å². The van der Waals surface area contributed by atoms with Crippen LogP contribution in [0.4, 0.5) is 5.82 Å². The Morgan fingerprint density at radius 1 is 1.21 bits per heavy atom. The zero-order valence-corrected chi connectivity index (χ0v) is 19.4. The molecule has 0 bridgehead atoms. The molecule has 2 N–H and O–H groups in total. The number of fused-ring (bicyclic) bond motifs is 1. The maximum absolute atomic E-state index is 12.4. The SMILES string of the molecule is C=CC(=O)N1CC(c2cc(C#Cc3cc(OC)cc(OC)c3)c3c(N)ncnn23)C[C@@H]1COC. The topological polar surface area (TPSA) is 104 Å². The number of hydrogen-bond acceptors (Lipinski definition) is 7. The van der Waals surface area contributed by atoms with Gasteiger partial charge in [-0.25, -0.2) is 9.50 Å². The van der Waals surface area contributed by atoms with Crippen LogP contribution in [0.5, 0.6) is 11.5 Å². The summed E-state index contributed by atoms with van der Waals surface area (Å²) in [5.74, 6) is 7.91. The molecule has 1 saturated heterocycles. The molecule has 2 aromatic heterocycles. The van der Waals surface area contributed by atoms with Gasteiger partial charge in [-0.3, -0.25) is 4.79 Å². The van der Waals surface area contributed by atoms with Crippen molar-refractivity contribution in [1.29, 1.82) is 0 Å². The van der Waals surface area contributed by atoms with Gasteiger partial charge in [0.25, 0.3) is 0 Å². The van der Waals surface area contributed by atoms with Crippen LogP contribution in [0.15, 0.2) is 43.2 Å². The van der Waals surface area contributed by atoms with Gasteiger partial charge in [-0.1, -0.05) is 18.4 Å².